The average molecular weight is 349 g/mol. The predicted octanol–water partition coefficient (Wildman–Crippen LogP) is 2.51. The topological polar surface area (TPSA) is 61.8 Å². The van der Waals surface area contributed by atoms with E-state index in [-0.39, 0.29) is 6.61 Å². The number of ether oxygens (including phenoxy) is 3. The van der Waals surface area contributed by atoms with Crippen molar-refractivity contribution < 1.29 is 23.8 Å². The summed E-state index contributed by atoms with van der Waals surface area (Å²) in [6.07, 6.45) is 1.62. The first-order valence-corrected chi connectivity index (χ1v) is 7.74. The first kappa shape index (κ1) is 18.1. The Morgan fingerprint density at radius 3 is 2.62 bits per heavy atom. The number of esters is 2. The lowest BCUT2D eigenvalue weighted by Crippen LogP contribution is -2.41. The molecule has 126 valence electrons. The fourth-order valence-corrected chi connectivity index (χ4v) is 2.26. The summed E-state index contributed by atoms with van der Waals surface area (Å²) in [6.45, 7) is 2.58. The van der Waals surface area contributed by atoms with Crippen LogP contribution in [0.5, 0.6) is 0 Å². The van der Waals surface area contributed by atoms with Crippen LogP contribution in [0.25, 0.3) is 0 Å². The van der Waals surface area contributed by atoms with Crippen molar-refractivity contribution in [3.63, 3.8) is 0 Å². The average Bonchev–Trinajstić information content (AvgIpc) is 2.53. The Labute approximate surface area is 145 Å². The highest BCUT2D eigenvalue weighted by Gasteiger charge is 2.30. The standard InChI is InChI=1S/C18H17ClO5/c1-12(20)22-11-18-17(23-13(2)21)10-9-15(24-18)8-7-14-5-3-4-6-16(14)19/h3-6,9-10,15,17-18H,11H2,1-2H3. The maximum Gasteiger partial charge on any atom is 0.303 e. The second-order valence-electron chi connectivity index (χ2n) is 5.11. The molecular weight excluding hydrogens is 332 g/mol. The molecule has 1 aliphatic rings. The van der Waals surface area contributed by atoms with Gasteiger partial charge >= 0.3 is 11.9 Å². The number of carbonyl (C=O) groups is 2. The summed E-state index contributed by atoms with van der Waals surface area (Å²) < 4.78 is 15.9. The quantitative estimate of drug-likeness (QED) is 0.477. The lowest BCUT2D eigenvalue weighted by molar-refractivity contribution is -0.161. The summed E-state index contributed by atoms with van der Waals surface area (Å²) >= 11 is 6.06. The Morgan fingerprint density at radius 1 is 1.21 bits per heavy atom. The van der Waals surface area contributed by atoms with E-state index < -0.39 is 30.3 Å². The van der Waals surface area contributed by atoms with Gasteiger partial charge in [-0.15, -0.1) is 0 Å². The molecule has 0 amide bonds. The molecule has 0 radical (unpaired) electrons. The van der Waals surface area contributed by atoms with Crippen molar-refractivity contribution in [2.45, 2.75) is 32.2 Å². The van der Waals surface area contributed by atoms with Gasteiger partial charge in [0.15, 0.2) is 0 Å². The van der Waals surface area contributed by atoms with Crippen LogP contribution in [-0.2, 0) is 23.8 Å². The molecule has 3 unspecified atom stereocenters. The monoisotopic (exact) mass is 348 g/mol. The van der Waals surface area contributed by atoms with Gasteiger partial charge in [-0.05, 0) is 24.3 Å². The second kappa shape index (κ2) is 8.53. The molecule has 0 saturated heterocycles. The first-order chi connectivity index (χ1) is 11.5. The molecule has 1 aliphatic heterocycles. The highest BCUT2D eigenvalue weighted by Crippen LogP contribution is 2.18. The van der Waals surface area contributed by atoms with Gasteiger partial charge in [-0.2, -0.15) is 0 Å². The Hall–Kier alpha value is -2.29. The third kappa shape index (κ3) is 5.41. The van der Waals surface area contributed by atoms with E-state index in [9.17, 15) is 9.59 Å². The van der Waals surface area contributed by atoms with Crippen LogP contribution in [-0.4, -0.2) is 36.9 Å². The van der Waals surface area contributed by atoms with Crippen molar-refractivity contribution in [1.29, 1.82) is 0 Å². The van der Waals surface area contributed by atoms with Crippen molar-refractivity contribution in [1.82, 2.24) is 0 Å². The van der Waals surface area contributed by atoms with Crippen LogP contribution in [0, 0.1) is 11.8 Å². The fraction of sp³-hybridized carbons (Fsp3) is 0.333. The molecule has 6 heteroatoms. The van der Waals surface area contributed by atoms with E-state index in [0.717, 1.165) is 0 Å². The van der Waals surface area contributed by atoms with E-state index >= 15 is 0 Å². The van der Waals surface area contributed by atoms with E-state index in [4.69, 9.17) is 25.8 Å². The molecule has 0 aliphatic carbocycles. The molecule has 0 bridgehead atoms. The van der Waals surface area contributed by atoms with Crippen LogP contribution in [0.15, 0.2) is 36.4 Å². The molecule has 0 aromatic heterocycles. The fourth-order valence-electron chi connectivity index (χ4n) is 2.08. The highest BCUT2D eigenvalue weighted by molar-refractivity contribution is 6.31. The van der Waals surface area contributed by atoms with E-state index in [1.165, 1.54) is 13.8 Å². The number of rotatable bonds is 3. The lowest BCUT2D eigenvalue weighted by Gasteiger charge is -2.29. The molecule has 1 heterocycles. The number of carbonyl (C=O) groups excluding carboxylic acids is 2. The van der Waals surface area contributed by atoms with Crippen LogP contribution in [0.4, 0.5) is 0 Å². The minimum atomic E-state index is -0.625. The van der Waals surface area contributed by atoms with Crippen LogP contribution in [0.2, 0.25) is 5.02 Å². The third-order valence-corrected chi connectivity index (χ3v) is 3.47. The summed E-state index contributed by atoms with van der Waals surface area (Å²) in [5, 5.41) is 0.555. The summed E-state index contributed by atoms with van der Waals surface area (Å²) in [6, 6.07) is 7.22. The third-order valence-electron chi connectivity index (χ3n) is 3.14. The molecular formula is C18H17ClO5. The van der Waals surface area contributed by atoms with Gasteiger partial charge in [0.05, 0.1) is 5.02 Å². The number of halogens is 1. The largest absolute Gasteiger partial charge is 0.463 e. The van der Waals surface area contributed by atoms with Crippen molar-refractivity contribution >= 4 is 23.5 Å². The molecule has 1 aromatic carbocycles. The van der Waals surface area contributed by atoms with E-state index in [0.29, 0.717) is 10.6 Å². The number of hydrogen-bond acceptors (Lipinski definition) is 5. The SMILES string of the molecule is CC(=O)OCC1OC(C#Cc2ccccc2Cl)C=CC1OC(C)=O. The Morgan fingerprint density at radius 2 is 1.96 bits per heavy atom. The van der Waals surface area contributed by atoms with Gasteiger partial charge in [-0.1, -0.05) is 35.6 Å². The summed E-state index contributed by atoms with van der Waals surface area (Å²) in [4.78, 5) is 22.2. The minimum absolute atomic E-state index is 0.0259. The van der Waals surface area contributed by atoms with Crippen molar-refractivity contribution in [2.24, 2.45) is 0 Å². The predicted molar refractivity (Wildman–Crippen MR) is 88.3 cm³/mol. The van der Waals surface area contributed by atoms with Crippen LogP contribution < -0.4 is 0 Å². The van der Waals surface area contributed by atoms with Gasteiger partial charge in [0.1, 0.15) is 24.9 Å². The summed E-state index contributed by atoms with van der Waals surface area (Å²) in [5.41, 5.74) is 0.690. The zero-order valence-electron chi connectivity index (χ0n) is 13.3. The molecule has 0 spiro atoms. The van der Waals surface area contributed by atoms with Gasteiger partial charge < -0.3 is 14.2 Å². The van der Waals surface area contributed by atoms with Crippen LogP contribution in [0.3, 0.4) is 0 Å². The zero-order valence-corrected chi connectivity index (χ0v) is 14.1. The van der Waals surface area contributed by atoms with Crippen molar-refractivity contribution in [2.75, 3.05) is 6.61 Å². The smallest absolute Gasteiger partial charge is 0.303 e. The molecule has 0 fully saturated rings. The highest BCUT2D eigenvalue weighted by atomic mass is 35.5. The van der Waals surface area contributed by atoms with E-state index in [1.54, 1.807) is 24.3 Å². The number of benzene rings is 1. The molecule has 0 saturated carbocycles. The molecule has 24 heavy (non-hydrogen) atoms. The zero-order chi connectivity index (χ0) is 17.5. The minimum Gasteiger partial charge on any atom is -0.463 e. The molecule has 3 atom stereocenters. The Balaban J connectivity index is 2.11. The first-order valence-electron chi connectivity index (χ1n) is 7.36. The normalized spacial score (nSPS) is 22.2. The maximum atomic E-state index is 11.2. The van der Waals surface area contributed by atoms with Gasteiger partial charge in [0, 0.05) is 19.4 Å². The van der Waals surface area contributed by atoms with Crippen molar-refractivity contribution in [3.8, 4) is 11.8 Å². The molecule has 2 rings (SSSR count). The van der Waals surface area contributed by atoms with Crippen molar-refractivity contribution in [3.05, 3.63) is 47.0 Å². The molecule has 5 nitrogen and oxygen atoms in total. The summed E-state index contributed by atoms with van der Waals surface area (Å²) in [7, 11) is 0. The molecule has 1 aromatic rings. The van der Waals surface area contributed by atoms with Gasteiger partial charge in [0.25, 0.3) is 0 Å². The second-order valence-corrected chi connectivity index (χ2v) is 5.51. The van der Waals surface area contributed by atoms with Gasteiger partial charge in [-0.25, -0.2) is 0 Å². The van der Waals surface area contributed by atoms with E-state index in [1.807, 2.05) is 12.1 Å². The number of hydrogen-bond donors (Lipinski definition) is 0. The molecule has 0 N–H and O–H groups in total. The van der Waals surface area contributed by atoms with Crippen LogP contribution >= 0.6 is 11.6 Å². The summed E-state index contributed by atoms with van der Waals surface area (Å²) in [5.74, 6) is 5.02. The Bertz CT molecular complexity index is 701. The lowest BCUT2D eigenvalue weighted by atomic mass is 10.1. The van der Waals surface area contributed by atoms with E-state index in [2.05, 4.69) is 11.8 Å². The van der Waals surface area contributed by atoms with Gasteiger partial charge in [-0.3, -0.25) is 9.59 Å². The Kier molecular flexibility index (Phi) is 6.42. The van der Waals surface area contributed by atoms with Gasteiger partial charge in [0.2, 0.25) is 0 Å². The maximum absolute atomic E-state index is 11.2. The van der Waals surface area contributed by atoms with Crippen LogP contribution in [0.1, 0.15) is 19.4 Å².